The highest BCUT2D eigenvalue weighted by Gasteiger charge is 2.22. The van der Waals surface area contributed by atoms with Crippen LogP contribution in [0.25, 0.3) is 0 Å². The Bertz CT molecular complexity index is 639. The van der Waals surface area contributed by atoms with E-state index >= 15 is 0 Å². The van der Waals surface area contributed by atoms with Crippen molar-refractivity contribution >= 4 is 35.6 Å². The molecule has 0 unspecified atom stereocenters. The van der Waals surface area contributed by atoms with E-state index in [2.05, 4.69) is 51.7 Å². The van der Waals surface area contributed by atoms with Crippen LogP contribution in [0.3, 0.4) is 0 Å². The number of anilines is 1. The predicted molar refractivity (Wildman–Crippen MR) is 131 cm³/mol. The van der Waals surface area contributed by atoms with Crippen molar-refractivity contribution in [1.29, 1.82) is 0 Å². The number of rotatable bonds is 6. The number of piperidine rings is 2. The monoisotopic (exact) mass is 535 g/mol. The first-order valence-corrected chi connectivity index (χ1v) is 10.8. The molecular formula is C22H36F2IN5. The van der Waals surface area contributed by atoms with Crippen LogP contribution < -0.4 is 15.5 Å². The van der Waals surface area contributed by atoms with E-state index in [1.807, 2.05) is 4.90 Å². The molecule has 3 rings (SSSR count). The van der Waals surface area contributed by atoms with Crippen LogP contribution in [0.5, 0.6) is 0 Å². The van der Waals surface area contributed by atoms with Gasteiger partial charge >= 0.3 is 0 Å². The van der Waals surface area contributed by atoms with Crippen LogP contribution >= 0.6 is 24.0 Å². The topological polar surface area (TPSA) is 42.9 Å². The summed E-state index contributed by atoms with van der Waals surface area (Å²) >= 11 is 0. The maximum absolute atomic E-state index is 12.5. The van der Waals surface area contributed by atoms with Crippen molar-refractivity contribution in [2.75, 3.05) is 44.7 Å². The first kappa shape index (κ1) is 25.1. The van der Waals surface area contributed by atoms with Crippen LogP contribution in [0, 0.1) is 5.92 Å². The quantitative estimate of drug-likeness (QED) is 0.329. The van der Waals surface area contributed by atoms with Crippen molar-refractivity contribution in [3.8, 4) is 0 Å². The molecule has 0 amide bonds. The largest absolute Gasteiger partial charge is 0.372 e. The summed E-state index contributed by atoms with van der Waals surface area (Å²) < 4.78 is 25.0. The highest BCUT2D eigenvalue weighted by atomic mass is 127. The fourth-order valence-electron chi connectivity index (χ4n) is 4.12. The van der Waals surface area contributed by atoms with E-state index in [1.54, 1.807) is 7.05 Å². The Hall–Kier alpha value is -1.16. The molecule has 0 aromatic heterocycles. The Morgan fingerprint density at radius 1 is 1.07 bits per heavy atom. The Morgan fingerprint density at radius 2 is 1.70 bits per heavy atom. The molecule has 170 valence electrons. The lowest BCUT2D eigenvalue weighted by Crippen LogP contribution is -2.49. The molecule has 2 aliphatic heterocycles. The molecule has 0 saturated carbocycles. The van der Waals surface area contributed by atoms with Gasteiger partial charge in [-0.15, -0.1) is 24.0 Å². The van der Waals surface area contributed by atoms with E-state index < -0.39 is 6.43 Å². The normalized spacial score (nSPS) is 19.6. The number of aliphatic imine (C=N–C) groups is 1. The summed E-state index contributed by atoms with van der Waals surface area (Å²) in [6, 6.07) is 9.05. The van der Waals surface area contributed by atoms with Crippen molar-refractivity contribution in [2.45, 2.75) is 51.6 Å². The van der Waals surface area contributed by atoms with Crippen LogP contribution in [0.15, 0.2) is 29.3 Å². The molecule has 1 aromatic rings. The van der Waals surface area contributed by atoms with Crippen molar-refractivity contribution in [3.05, 3.63) is 29.8 Å². The van der Waals surface area contributed by atoms with Crippen LogP contribution in [-0.2, 0) is 6.54 Å². The molecular weight excluding hydrogens is 499 g/mol. The van der Waals surface area contributed by atoms with Gasteiger partial charge in [0.15, 0.2) is 5.96 Å². The average Bonchev–Trinajstić information content (AvgIpc) is 2.73. The van der Waals surface area contributed by atoms with E-state index in [0.717, 1.165) is 37.8 Å². The molecule has 30 heavy (non-hydrogen) atoms. The number of benzene rings is 1. The number of guanidine groups is 1. The van der Waals surface area contributed by atoms with Gasteiger partial charge in [-0.25, -0.2) is 8.78 Å². The van der Waals surface area contributed by atoms with Gasteiger partial charge in [0.05, 0.1) is 6.54 Å². The van der Waals surface area contributed by atoms with Crippen molar-refractivity contribution in [2.24, 2.45) is 10.9 Å². The van der Waals surface area contributed by atoms with Crippen molar-refractivity contribution < 1.29 is 8.78 Å². The van der Waals surface area contributed by atoms with E-state index in [-0.39, 0.29) is 36.6 Å². The molecule has 0 bridgehead atoms. The summed E-state index contributed by atoms with van der Waals surface area (Å²) in [6.07, 6.45) is 2.00. The van der Waals surface area contributed by atoms with Crippen LogP contribution in [-0.4, -0.2) is 63.1 Å². The first-order chi connectivity index (χ1) is 14.0. The maximum atomic E-state index is 12.5. The van der Waals surface area contributed by atoms with Gasteiger partial charge in [0.1, 0.15) is 0 Å². The van der Waals surface area contributed by atoms with E-state index in [9.17, 15) is 8.78 Å². The highest BCUT2D eigenvalue weighted by molar-refractivity contribution is 14.0. The molecule has 8 heteroatoms. The van der Waals surface area contributed by atoms with Gasteiger partial charge in [-0.2, -0.15) is 0 Å². The lowest BCUT2D eigenvalue weighted by atomic mass is 9.99. The van der Waals surface area contributed by atoms with Gasteiger partial charge < -0.3 is 15.5 Å². The Kier molecular flexibility index (Phi) is 10.6. The average molecular weight is 535 g/mol. The van der Waals surface area contributed by atoms with Crippen molar-refractivity contribution in [1.82, 2.24) is 15.5 Å². The number of halogens is 3. The maximum Gasteiger partial charge on any atom is 0.251 e. The minimum atomic E-state index is -2.25. The zero-order valence-electron chi connectivity index (χ0n) is 18.1. The zero-order chi connectivity index (χ0) is 20.6. The summed E-state index contributed by atoms with van der Waals surface area (Å²) in [5.74, 6) is 1.61. The minimum absolute atomic E-state index is 0. The molecule has 0 aliphatic carbocycles. The van der Waals surface area contributed by atoms with Gasteiger partial charge in [-0.1, -0.05) is 19.1 Å². The van der Waals surface area contributed by atoms with Gasteiger partial charge in [0.25, 0.3) is 6.43 Å². The molecule has 0 spiro atoms. The lowest BCUT2D eigenvalue weighted by Gasteiger charge is -2.33. The van der Waals surface area contributed by atoms with Gasteiger partial charge in [-0.05, 0) is 49.3 Å². The Labute approximate surface area is 196 Å². The second-order valence-corrected chi connectivity index (χ2v) is 8.37. The van der Waals surface area contributed by atoms with E-state index in [4.69, 9.17) is 0 Å². The smallest absolute Gasteiger partial charge is 0.251 e. The molecule has 2 heterocycles. The lowest BCUT2D eigenvalue weighted by molar-refractivity contribution is 0.0744. The van der Waals surface area contributed by atoms with E-state index in [1.165, 1.54) is 24.1 Å². The number of hydrogen-bond acceptors (Lipinski definition) is 3. The number of alkyl halides is 2. The second-order valence-electron chi connectivity index (χ2n) is 8.37. The minimum Gasteiger partial charge on any atom is -0.372 e. The second kappa shape index (κ2) is 12.6. The van der Waals surface area contributed by atoms with Crippen LogP contribution in [0.4, 0.5) is 14.5 Å². The fourth-order valence-corrected chi connectivity index (χ4v) is 4.12. The Balaban J connectivity index is 0.00000320. The summed E-state index contributed by atoms with van der Waals surface area (Å²) in [4.78, 5) is 8.62. The zero-order valence-corrected chi connectivity index (χ0v) is 20.4. The Morgan fingerprint density at radius 3 is 2.27 bits per heavy atom. The van der Waals surface area contributed by atoms with Crippen molar-refractivity contribution in [3.63, 3.8) is 0 Å². The molecule has 2 aliphatic rings. The molecule has 0 atom stereocenters. The van der Waals surface area contributed by atoms with Gasteiger partial charge in [0, 0.05) is 51.5 Å². The third-order valence-corrected chi connectivity index (χ3v) is 6.09. The third kappa shape index (κ3) is 7.83. The third-order valence-electron chi connectivity index (χ3n) is 6.09. The number of nitrogens with zero attached hydrogens (tertiary/aromatic N) is 3. The van der Waals surface area contributed by atoms with Crippen LogP contribution in [0.2, 0.25) is 0 Å². The predicted octanol–water partition coefficient (Wildman–Crippen LogP) is 3.94. The summed E-state index contributed by atoms with van der Waals surface area (Å²) in [5, 5.41) is 6.81. The summed E-state index contributed by atoms with van der Waals surface area (Å²) in [6.45, 7) is 6.62. The molecule has 2 fully saturated rings. The highest BCUT2D eigenvalue weighted by Crippen LogP contribution is 2.23. The molecule has 2 N–H and O–H groups in total. The first-order valence-electron chi connectivity index (χ1n) is 10.8. The van der Waals surface area contributed by atoms with E-state index in [0.29, 0.717) is 19.6 Å². The summed E-state index contributed by atoms with van der Waals surface area (Å²) in [7, 11) is 1.77. The molecule has 5 nitrogen and oxygen atoms in total. The SMILES string of the molecule is CN=C(NCc1ccc(N2CCC(C)CC2)cc1)NC1CCN(CC(F)F)CC1.I. The molecule has 1 aromatic carbocycles. The van der Waals surface area contributed by atoms with Gasteiger partial charge in [0.2, 0.25) is 0 Å². The molecule has 2 saturated heterocycles. The van der Waals surface area contributed by atoms with Crippen LogP contribution in [0.1, 0.15) is 38.2 Å². The molecule has 0 radical (unpaired) electrons. The number of likely N-dealkylation sites (tertiary alicyclic amines) is 1. The number of hydrogen-bond donors (Lipinski definition) is 2. The summed E-state index contributed by atoms with van der Waals surface area (Å²) in [5.41, 5.74) is 2.52. The fraction of sp³-hybridized carbons (Fsp3) is 0.682. The number of nitrogens with one attached hydrogen (secondary N) is 2. The standard InChI is InChI=1S/C22H35F2N5.HI/c1-17-7-13-29(14-8-17)20-5-3-18(4-6-20)15-26-22(25-2)27-19-9-11-28(12-10-19)16-21(23)24;/h3-6,17,19,21H,7-16H2,1-2H3,(H2,25,26,27);1H. The van der Waals surface area contributed by atoms with Gasteiger partial charge in [-0.3, -0.25) is 9.89 Å².